The molecule has 0 bridgehead atoms. The van der Waals surface area contributed by atoms with Gasteiger partial charge in [-0.3, -0.25) is 14.4 Å². The number of carbonyl (C=O) groups is 3. The zero-order chi connectivity index (χ0) is 27.8. The predicted octanol–water partition coefficient (Wildman–Crippen LogP) is 5.02. The summed E-state index contributed by atoms with van der Waals surface area (Å²) in [4.78, 5) is 36.9. The Kier molecular flexibility index (Phi) is 7.65. The van der Waals surface area contributed by atoms with Crippen LogP contribution in [0.4, 0.5) is 13.2 Å². The maximum atomic E-state index is 13.9. The molecule has 2 aliphatic rings. The van der Waals surface area contributed by atoms with Gasteiger partial charge in [-0.25, -0.2) is 4.68 Å². The van der Waals surface area contributed by atoms with Gasteiger partial charge in [0.15, 0.2) is 17.3 Å². The zero-order valence-electron chi connectivity index (χ0n) is 21.6. The monoisotopic (exact) mass is 531 g/mol. The first-order valence-corrected chi connectivity index (χ1v) is 12.7. The number of hydrogen-bond acceptors (Lipinski definition) is 6. The Bertz CT molecular complexity index is 1270. The van der Waals surface area contributed by atoms with E-state index in [0.717, 1.165) is 12.8 Å². The average Bonchev–Trinajstić information content (AvgIpc) is 3.24. The lowest BCUT2D eigenvalue weighted by molar-refractivity contribution is -0.149. The van der Waals surface area contributed by atoms with Gasteiger partial charge in [-0.2, -0.15) is 18.3 Å². The lowest BCUT2D eigenvalue weighted by Gasteiger charge is -2.29. The van der Waals surface area contributed by atoms with Crippen LogP contribution in [0.15, 0.2) is 30.9 Å². The molecule has 1 aromatic carbocycles. The fourth-order valence-electron chi connectivity index (χ4n) is 5.59. The van der Waals surface area contributed by atoms with Crippen LogP contribution in [0.5, 0.6) is 0 Å². The second-order valence-electron chi connectivity index (χ2n) is 11.0. The van der Waals surface area contributed by atoms with Crippen molar-refractivity contribution in [1.29, 1.82) is 0 Å². The van der Waals surface area contributed by atoms with E-state index >= 15 is 0 Å². The third kappa shape index (κ3) is 5.75. The van der Waals surface area contributed by atoms with Crippen molar-refractivity contribution < 1.29 is 32.3 Å². The second kappa shape index (κ2) is 10.5. The molecule has 0 aliphatic heterocycles. The molecule has 10 heteroatoms. The number of nitrogens with zero attached hydrogens (tertiary/aromatic N) is 2. The standard InChI is InChI=1S/C28H32F3N3O4/c1-4-22(35)20-10-7-18(12-17(20)11-16-5-8-19(9-6-16)38-24(37)15-32)34-21-13-27(2,3)14-23(36)25(21)26(33-34)28(29,30)31/h4,7,10,12,16,19H,1,5-6,8-9,11,13-15,32H2,2-3H3. The number of fused-ring (bicyclic) bond motifs is 1. The molecule has 0 unspecified atom stereocenters. The fraction of sp³-hybridized carbons (Fsp3) is 0.500. The molecule has 1 saturated carbocycles. The van der Waals surface area contributed by atoms with E-state index < -0.39 is 29.0 Å². The smallest absolute Gasteiger partial charge is 0.435 e. The summed E-state index contributed by atoms with van der Waals surface area (Å²) in [7, 11) is 0. The van der Waals surface area contributed by atoms with E-state index in [0.29, 0.717) is 36.1 Å². The van der Waals surface area contributed by atoms with E-state index in [1.54, 1.807) is 18.2 Å². The molecular weight excluding hydrogens is 499 g/mol. The van der Waals surface area contributed by atoms with Crippen LogP contribution < -0.4 is 5.73 Å². The Morgan fingerprint density at radius 2 is 1.89 bits per heavy atom. The Hall–Kier alpha value is -3.27. The van der Waals surface area contributed by atoms with Crippen molar-refractivity contribution >= 4 is 17.5 Å². The van der Waals surface area contributed by atoms with Crippen molar-refractivity contribution in [3.63, 3.8) is 0 Å². The maximum Gasteiger partial charge on any atom is 0.435 e. The van der Waals surface area contributed by atoms with Crippen molar-refractivity contribution in [3.05, 3.63) is 58.9 Å². The number of alkyl halides is 3. The van der Waals surface area contributed by atoms with Crippen LogP contribution in [-0.4, -0.2) is 40.0 Å². The fourth-order valence-corrected chi connectivity index (χ4v) is 5.59. The Morgan fingerprint density at radius 3 is 2.50 bits per heavy atom. The lowest BCUT2D eigenvalue weighted by Crippen LogP contribution is -2.29. The number of aromatic nitrogens is 2. The highest BCUT2D eigenvalue weighted by atomic mass is 19.4. The normalized spacial score (nSPS) is 21.1. The highest BCUT2D eigenvalue weighted by Gasteiger charge is 2.45. The van der Waals surface area contributed by atoms with Crippen LogP contribution in [-0.2, 0) is 28.5 Å². The van der Waals surface area contributed by atoms with E-state index in [1.807, 2.05) is 13.8 Å². The lowest BCUT2D eigenvalue weighted by atomic mass is 9.75. The summed E-state index contributed by atoms with van der Waals surface area (Å²) in [6.45, 7) is 7.09. The number of carbonyl (C=O) groups excluding carboxylic acids is 3. The summed E-state index contributed by atoms with van der Waals surface area (Å²) in [5.74, 6) is -1.11. The molecular formula is C28H32F3N3O4. The summed E-state index contributed by atoms with van der Waals surface area (Å²) >= 11 is 0. The van der Waals surface area contributed by atoms with Crippen LogP contribution in [0.25, 0.3) is 5.69 Å². The molecule has 204 valence electrons. The number of allylic oxidation sites excluding steroid dienone is 1. The van der Waals surface area contributed by atoms with Gasteiger partial charge in [0.05, 0.1) is 23.5 Å². The Balaban J connectivity index is 1.70. The van der Waals surface area contributed by atoms with Crippen molar-refractivity contribution in [3.8, 4) is 5.69 Å². The second-order valence-corrected chi connectivity index (χ2v) is 11.0. The molecule has 2 N–H and O–H groups in total. The number of nitrogens with two attached hydrogens (primary N) is 1. The molecule has 38 heavy (non-hydrogen) atoms. The highest BCUT2D eigenvalue weighted by Crippen LogP contribution is 2.42. The number of rotatable bonds is 7. The number of hydrogen-bond donors (Lipinski definition) is 1. The van der Waals surface area contributed by atoms with Gasteiger partial charge < -0.3 is 10.5 Å². The van der Waals surface area contributed by atoms with E-state index in [2.05, 4.69) is 11.7 Å². The van der Waals surface area contributed by atoms with Crippen LogP contribution >= 0.6 is 0 Å². The summed E-state index contributed by atoms with van der Waals surface area (Å²) in [5, 5.41) is 3.88. The third-order valence-electron chi connectivity index (χ3n) is 7.36. The quantitative estimate of drug-likeness (QED) is 0.306. The number of esters is 1. The molecule has 2 aromatic rings. The number of halogens is 3. The average molecular weight is 532 g/mol. The minimum atomic E-state index is -4.78. The first-order valence-electron chi connectivity index (χ1n) is 12.7. The van der Waals surface area contributed by atoms with Gasteiger partial charge in [0.25, 0.3) is 0 Å². The van der Waals surface area contributed by atoms with Crippen LogP contribution in [0.1, 0.15) is 83.6 Å². The SMILES string of the molecule is C=CC(=O)c1ccc(-n2nc(C(F)(F)F)c3c2CC(C)(C)CC3=O)cc1CC1CCC(OC(=O)CN)CC1. The Morgan fingerprint density at radius 1 is 1.21 bits per heavy atom. The number of benzene rings is 1. The van der Waals surface area contributed by atoms with Crippen molar-refractivity contribution in [1.82, 2.24) is 9.78 Å². The van der Waals surface area contributed by atoms with Gasteiger partial charge >= 0.3 is 12.1 Å². The van der Waals surface area contributed by atoms with Gasteiger partial charge in [0.2, 0.25) is 0 Å². The van der Waals surface area contributed by atoms with Crippen LogP contribution in [0.3, 0.4) is 0 Å². The first kappa shape index (κ1) is 27.8. The van der Waals surface area contributed by atoms with E-state index in [-0.39, 0.29) is 48.4 Å². The molecule has 0 radical (unpaired) electrons. The van der Waals surface area contributed by atoms with Crippen LogP contribution in [0, 0.1) is 11.3 Å². The minimum absolute atomic E-state index is 0.00998. The van der Waals surface area contributed by atoms with Crippen molar-refractivity contribution in [2.75, 3.05) is 6.54 Å². The van der Waals surface area contributed by atoms with E-state index in [4.69, 9.17) is 10.5 Å². The molecule has 0 amide bonds. The number of ether oxygens (including phenoxy) is 1. The predicted molar refractivity (Wildman–Crippen MR) is 134 cm³/mol. The highest BCUT2D eigenvalue weighted by molar-refractivity contribution is 6.05. The molecule has 0 saturated heterocycles. The van der Waals surface area contributed by atoms with Gasteiger partial charge in [-0.1, -0.05) is 20.4 Å². The Labute approximate surface area is 219 Å². The topological polar surface area (TPSA) is 104 Å². The van der Waals surface area contributed by atoms with Crippen molar-refractivity contribution in [2.45, 2.75) is 71.1 Å². The van der Waals surface area contributed by atoms with Crippen molar-refractivity contribution in [2.24, 2.45) is 17.1 Å². The van der Waals surface area contributed by atoms with E-state index in [1.165, 1.54) is 10.8 Å². The molecule has 7 nitrogen and oxygen atoms in total. The summed E-state index contributed by atoms with van der Waals surface area (Å²) < 4.78 is 48.2. The number of ketones is 2. The molecule has 1 heterocycles. The molecule has 4 rings (SSSR count). The minimum Gasteiger partial charge on any atom is -0.461 e. The first-order chi connectivity index (χ1) is 17.8. The van der Waals surface area contributed by atoms with Gasteiger partial charge in [-0.05, 0) is 79.7 Å². The molecule has 0 atom stereocenters. The molecule has 2 aliphatic carbocycles. The summed E-state index contributed by atoms with van der Waals surface area (Å²) in [6.07, 6.45) is -0.138. The largest absolute Gasteiger partial charge is 0.461 e. The van der Waals surface area contributed by atoms with Gasteiger partial charge in [-0.15, -0.1) is 0 Å². The van der Waals surface area contributed by atoms with Gasteiger partial charge in [0.1, 0.15) is 6.10 Å². The van der Waals surface area contributed by atoms with Crippen LogP contribution in [0.2, 0.25) is 0 Å². The zero-order valence-corrected chi connectivity index (χ0v) is 21.6. The maximum absolute atomic E-state index is 13.9. The summed E-state index contributed by atoms with van der Waals surface area (Å²) in [6, 6.07) is 4.83. The molecule has 1 aromatic heterocycles. The third-order valence-corrected chi connectivity index (χ3v) is 7.36. The molecule has 1 fully saturated rings. The molecule has 0 spiro atoms. The summed E-state index contributed by atoms with van der Waals surface area (Å²) in [5.41, 5.74) is 4.97. The number of Topliss-reactive ketones (excluding diaryl/α,β-unsaturated/α-hetero) is 1. The van der Waals surface area contributed by atoms with E-state index in [9.17, 15) is 27.6 Å². The van der Waals surface area contributed by atoms with Gasteiger partial charge in [0, 0.05) is 12.0 Å².